The molecular formula is C12H17NO3. The average molecular weight is 223 g/mol. The average Bonchev–Trinajstić information content (AvgIpc) is 2.91. The fraction of sp³-hybridized carbons (Fsp3) is 0.917. The minimum atomic E-state index is -0.405. The van der Waals surface area contributed by atoms with E-state index in [1.807, 2.05) is 11.9 Å². The van der Waals surface area contributed by atoms with Gasteiger partial charge < -0.3 is 14.7 Å². The lowest BCUT2D eigenvalue weighted by atomic mass is 9.76. The van der Waals surface area contributed by atoms with Crippen molar-refractivity contribution in [1.29, 1.82) is 0 Å². The van der Waals surface area contributed by atoms with Crippen molar-refractivity contribution < 1.29 is 14.6 Å². The normalized spacial score (nSPS) is 61.4. The Bertz CT molecular complexity index is 384. The van der Waals surface area contributed by atoms with E-state index >= 15 is 0 Å². The summed E-state index contributed by atoms with van der Waals surface area (Å²) in [6.45, 7) is 2.08. The Morgan fingerprint density at radius 1 is 1.56 bits per heavy atom. The first-order valence-electron chi connectivity index (χ1n) is 6.25. The molecule has 4 aliphatic rings. The molecule has 0 aromatic rings. The van der Waals surface area contributed by atoms with Crippen molar-refractivity contribution in [3.05, 3.63) is 0 Å². The van der Waals surface area contributed by atoms with Crippen LogP contribution in [0, 0.1) is 23.7 Å². The number of carbonyl (C=O) groups excluding carboxylic acids is 1. The van der Waals surface area contributed by atoms with Gasteiger partial charge in [0.15, 0.2) is 0 Å². The number of amides is 1. The van der Waals surface area contributed by atoms with E-state index < -0.39 is 11.8 Å². The lowest BCUT2D eigenvalue weighted by Crippen LogP contribution is -2.48. The van der Waals surface area contributed by atoms with E-state index in [-0.39, 0.29) is 23.8 Å². The minimum absolute atomic E-state index is 0.0123. The van der Waals surface area contributed by atoms with Crippen LogP contribution in [0.1, 0.15) is 19.8 Å². The lowest BCUT2D eigenvalue weighted by molar-refractivity contribution is -0.173. The van der Waals surface area contributed by atoms with E-state index in [1.165, 1.54) is 0 Å². The van der Waals surface area contributed by atoms with E-state index in [9.17, 15) is 9.90 Å². The highest BCUT2D eigenvalue weighted by Gasteiger charge is 2.77. The Kier molecular flexibility index (Phi) is 1.45. The number of rotatable bonds is 1. The molecule has 2 aliphatic carbocycles. The van der Waals surface area contributed by atoms with Gasteiger partial charge in [-0.25, -0.2) is 0 Å². The van der Waals surface area contributed by atoms with Crippen LogP contribution < -0.4 is 0 Å². The number of likely N-dealkylation sites (tertiary alicyclic amines) is 1. The van der Waals surface area contributed by atoms with Crippen LogP contribution in [0.2, 0.25) is 0 Å². The molecule has 2 heterocycles. The second-order valence-corrected chi connectivity index (χ2v) is 5.78. The molecule has 4 rings (SSSR count). The van der Waals surface area contributed by atoms with Gasteiger partial charge in [0.1, 0.15) is 5.72 Å². The summed E-state index contributed by atoms with van der Waals surface area (Å²) in [6.07, 6.45) is 1.41. The van der Waals surface area contributed by atoms with E-state index in [0.717, 1.165) is 12.8 Å². The van der Waals surface area contributed by atoms with E-state index in [2.05, 4.69) is 6.92 Å². The number of ether oxygens (including phenoxy) is 1. The van der Waals surface area contributed by atoms with Crippen molar-refractivity contribution in [2.45, 2.75) is 37.7 Å². The maximum absolute atomic E-state index is 12.3. The molecule has 0 radical (unpaired) electrons. The third-order valence-corrected chi connectivity index (χ3v) is 5.60. The maximum atomic E-state index is 12.3. The van der Waals surface area contributed by atoms with Gasteiger partial charge in [-0.15, -0.1) is 0 Å². The SMILES string of the molecule is CC[C@]12O[C@@H]3[C@H](O)[C@H]4C[C@H]3[C@@H]1[C@@H]4C(=O)N2C. The summed E-state index contributed by atoms with van der Waals surface area (Å²) < 4.78 is 6.12. The van der Waals surface area contributed by atoms with Crippen molar-refractivity contribution in [1.82, 2.24) is 4.90 Å². The molecule has 4 nitrogen and oxygen atoms in total. The van der Waals surface area contributed by atoms with Crippen LogP contribution in [0.5, 0.6) is 0 Å². The summed E-state index contributed by atoms with van der Waals surface area (Å²) in [4.78, 5) is 14.1. The predicted octanol–water partition coefficient (Wildman–Crippen LogP) is 0.206. The minimum Gasteiger partial charge on any atom is -0.390 e. The van der Waals surface area contributed by atoms with Crippen LogP contribution in [0.3, 0.4) is 0 Å². The summed E-state index contributed by atoms with van der Waals surface area (Å²) in [6, 6.07) is 0. The van der Waals surface area contributed by atoms with Gasteiger partial charge in [-0.05, 0) is 24.7 Å². The first kappa shape index (κ1) is 9.42. The Morgan fingerprint density at radius 2 is 2.31 bits per heavy atom. The molecule has 16 heavy (non-hydrogen) atoms. The fourth-order valence-corrected chi connectivity index (χ4v) is 5.02. The zero-order valence-corrected chi connectivity index (χ0v) is 9.59. The predicted molar refractivity (Wildman–Crippen MR) is 55.2 cm³/mol. The van der Waals surface area contributed by atoms with Gasteiger partial charge in [0.25, 0.3) is 0 Å². The van der Waals surface area contributed by atoms with Gasteiger partial charge in [-0.1, -0.05) is 6.92 Å². The molecule has 2 saturated heterocycles. The van der Waals surface area contributed by atoms with Gasteiger partial charge in [0.05, 0.1) is 18.1 Å². The smallest absolute Gasteiger partial charge is 0.228 e. The maximum Gasteiger partial charge on any atom is 0.228 e. The summed E-state index contributed by atoms with van der Waals surface area (Å²) in [7, 11) is 1.86. The molecule has 1 N–H and O–H groups in total. The number of hydrogen-bond donors (Lipinski definition) is 1. The molecule has 4 fully saturated rings. The topological polar surface area (TPSA) is 49.8 Å². The Labute approximate surface area is 94.6 Å². The molecule has 2 bridgehead atoms. The third kappa shape index (κ3) is 0.670. The number of fused-ring (bicyclic) bond motifs is 2. The second-order valence-electron chi connectivity index (χ2n) is 5.78. The highest BCUT2D eigenvalue weighted by Crippen LogP contribution is 2.67. The molecule has 88 valence electrons. The van der Waals surface area contributed by atoms with Crippen molar-refractivity contribution >= 4 is 5.91 Å². The Morgan fingerprint density at radius 3 is 3.00 bits per heavy atom. The molecule has 0 aromatic carbocycles. The van der Waals surface area contributed by atoms with Gasteiger partial charge in [-0.3, -0.25) is 4.79 Å². The number of hydrogen-bond acceptors (Lipinski definition) is 3. The largest absolute Gasteiger partial charge is 0.390 e. The van der Waals surface area contributed by atoms with Gasteiger partial charge in [0, 0.05) is 13.0 Å². The van der Waals surface area contributed by atoms with Crippen LogP contribution in [-0.4, -0.2) is 40.9 Å². The first-order valence-corrected chi connectivity index (χ1v) is 6.25. The lowest BCUT2D eigenvalue weighted by Gasteiger charge is -2.35. The van der Waals surface area contributed by atoms with Gasteiger partial charge in [0.2, 0.25) is 5.91 Å². The van der Waals surface area contributed by atoms with Gasteiger partial charge in [-0.2, -0.15) is 0 Å². The highest BCUT2D eigenvalue weighted by molar-refractivity contribution is 5.84. The Hall–Kier alpha value is -0.610. The molecular weight excluding hydrogens is 206 g/mol. The molecule has 2 saturated carbocycles. The van der Waals surface area contributed by atoms with Crippen LogP contribution in [0.4, 0.5) is 0 Å². The zero-order chi connectivity index (χ0) is 11.2. The van der Waals surface area contributed by atoms with Crippen molar-refractivity contribution in [3.8, 4) is 0 Å². The zero-order valence-electron chi connectivity index (χ0n) is 9.59. The first-order chi connectivity index (χ1) is 7.62. The fourth-order valence-electron chi connectivity index (χ4n) is 5.02. The van der Waals surface area contributed by atoms with Crippen molar-refractivity contribution in [2.24, 2.45) is 23.7 Å². The van der Waals surface area contributed by atoms with Gasteiger partial charge >= 0.3 is 0 Å². The number of aliphatic hydroxyl groups excluding tert-OH is 1. The third-order valence-electron chi connectivity index (χ3n) is 5.60. The van der Waals surface area contributed by atoms with Crippen LogP contribution in [-0.2, 0) is 9.53 Å². The Balaban J connectivity index is 1.90. The molecule has 1 amide bonds. The quantitative estimate of drug-likeness (QED) is 0.691. The van der Waals surface area contributed by atoms with Crippen molar-refractivity contribution in [2.75, 3.05) is 7.05 Å². The molecule has 0 spiro atoms. The van der Waals surface area contributed by atoms with Crippen LogP contribution >= 0.6 is 0 Å². The molecule has 0 unspecified atom stereocenters. The summed E-state index contributed by atoms with van der Waals surface area (Å²) in [5.41, 5.74) is -0.399. The summed E-state index contributed by atoms with van der Waals surface area (Å²) in [5.74, 6) is 1.14. The number of aliphatic hydroxyl groups is 1. The molecule has 2 aliphatic heterocycles. The molecule has 4 heteroatoms. The standard InChI is InChI=1S/C12H17NO3/c1-3-12-8-6-4-5(9(14)10(6)16-12)7(8)11(15)13(12)2/h5-10,14H,3-4H2,1-2H3/t5-,6-,7+,8+,9+,10-,12-/m0/s1. The van der Waals surface area contributed by atoms with E-state index in [4.69, 9.17) is 4.74 Å². The number of nitrogens with zero attached hydrogens (tertiary/aromatic N) is 1. The van der Waals surface area contributed by atoms with E-state index in [0.29, 0.717) is 11.8 Å². The van der Waals surface area contributed by atoms with E-state index in [1.54, 1.807) is 0 Å². The molecule has 0 aromatic heterocycles. The summed E-state index contributed by atoms with van der Waals surface area (Å²) in [5, 5.41) is 10.1. The monoisotopic (exact) mass is 223 g/mol. The van der Waals surface area contributed by atoms with Crippen LogP contribution in [0.15, 0.2) is 0 Å². The summed E-state index contributed by atoms with van der Waals surface area (Å²) >= 11 is 0. The van der Waals surface area contributed by atoms with Crippen molar-refractivity contribution in [3.63, 3.8) is 0 Å². The van der Waals surface area contributed by atoms with Crippen LogP contribution in [0.25, 0.3) is 0 Å². The molecule has 7 atom stereocenters. The highest BCUT2D eigenvalue weighted by atomic mass is 16.6. The second kappa shape index (κ2) is 2.46. The number of carbonyl (C=O) groups is 1.